The highest BCUT2D eigenvalue weighted by atomic mass is 32.2. The van der Waals surface area contributed by atoms with Crippen LogP contribution in [0.5, 0.6) is 0 Å². The molecule has 1 atom stereocenters. The molecule has 9 heteroatoms. The maximum absolute atomic E-state index is 12.0. The predicted molar refractivity (Wildman–Crippen MR) is 87.4 cm³/mol. The molecule has 0 aliphatic rings. The first-order valence-corrected chi connectivity index (χ1v) is 8.05. The van der Waals surface area contributed by atoms with E-state index in [1.54, 1.807) is 13.8 Å². The number of rotatable bonds is 4. The maximum atomic E-state index is 12.0. The summed E-state index contributed by atoms with van der Waals surface area (Å²) in [6, 6.07) is 7.19. The number of fused-ring (bicyclic) bond motifs is 3. The lowest BCUT2D eigenvalue weighted by atomic mass is 10.3. The summed E-state index contributed by atoms with van der Waals surface area (Å²) in [5, 5.41) is 12.0. The highest BCUT2D eigenvalue weighted by Gasteiger charge is 2.20. The van der Waals surface area contributed by atoms with Crippen LogP contribution in [0.4, 0.5) is 4.79 Å². The molecular formula is C14H16N6O2S. The van der Waals surface area contributed by atoms with E-state index in [2.05, 4.69) is 25.8 Å². The van der Waals surface area contributed by atoms with E-state index in [-0.39, 0.29) is 5.91 Å². The first-order valence-electron chi connectivity index (χ1n) is 7.17. The summed E-state index contributed by atoms with van der Waals surface area (Å²) in [5.74, 6) is 0.242. The molecule has 0 saturated heterocycles. The van der Waals surface area contributed by atoms with Crippen LogP contribution in [0.3, 0.4) is 0 Å². The highest BCUT2D eigenvalue weighted by Crippen LogP contribution is 2.25. The number of benzene rings is 1. The van der Waals surface area contributed by atoms with Gasteiger partial charge in [-0.3, -0.25) is 14.5 Å². The zero-order valence-electron chi connectivity index (χ0n) is 12.7. The van der Waals surface area contributed by atoms with Crippen molar-refractivity contribution in [2.45, 2.75) is 24.3 Å². The quantitative estimate of drug-likeness (QED) is 0.629. The maximum Gasteiger partial charge on any atom is 0.321 e. The van der Waals surface area contributed by atoms with E-state index >= 15 is 0 Å². The number of carbonyl (C=O) groups is 2. The third-order valence-electron chi connectivity index (χ3n) is 3.23. The molecule has 0 aliphatic heterocycles. The Morgan fingerprint density at radius 2 is 2.17 bits per heavy atom. The van der Waals surface area contributed by atoms with Crippen LogP contribution in [0.15, 0.2) is 29.4 Å². The van der Waals surface area contributed by atoms with Crippen LogP contribution in [0.1, 0.15) is 13.8 Å². The molecule has 0 radical (unpaired) electrons. The van der Waals surface area contributed by atoms with Gasteiger partial charge < -0.3 is 5.32 Å². The van der Waals surface area contributed by atoms with Crippen molar-refractivity contribution in [2.75, 3.05) is 6.54 Å². The summed E-state index contributed by atoms with van der Waals surface area (Å²) < 4.78 is 1.86. The number of hydrogen-bond donors (Lipinski definition) is 3. The van der Waals surface area contributed by atoms with Crippen molar-refractivity contribution < 1.29 is 9.59 Å². The normalized spacial score (nSPS) is 12.4. The van der Waals surface area contributed by atoms with Gasteiger partial charge >= 0.3 is 6.03 Å². The van der Waals surface area contributed by atoms with Crippen LogP contribution in [0, 0.1) is 0 Å². The number of hydrogen-bond acceptors (Lipinski definition) is 5. The lowest BCUT2D eigenvalue weighted by molar-refractivity contribution is -0.119. The lowest BCUT2D eigenvalue weighted by Crippen LogP contribution is -2.42. The monoisotopic (exact) mass is 332 g/mol. The molecule has 0 bridgehead atoms. The van der Waals surface area contributed by atoms with Crippen molar-refractivity contribution in [2.24, 2.45) is 0 Å². The zero-order valence-corrected chi connectivity index (χ0v) is 13.5. The SMILES string of the molecule is CCNC(=O)NC(=O)C(C)Sc1n[nH]c2nc3ccccc3n12. The van der Waals surface area contributed by atoms with E-state index in [9.17, 15) is 9.59 Å². The van der Waals surface area contributed by atoms with Crippen LogP contribution >= 0.6 is 11.8 Å². The molecule has 2 aromatic heterocycles. The molecule has 0 fully saturated rings. The summed E-state index contributed by atoms with van der Waals surface area (Å²) in [6.07, 6.45) is 0. The number of nitrogens with one attached hydrogen (secondary N) is 3. The fourth-order valence-corrected chi connectivity index (χ4v) is 3.02. The van der Waals surface area contributed by atoms with E-state index in [4.69, 9.17) is 0 Å². The minimum atomic E-state index is -0.495. The highest BCUT2D eigenvalue weighted by molar-refractivity contribution is 8.00. The molecule has 3 rings (SSSR count). The van der Waals surface area contributed by atoms with Crippen molar-refractivity contribution in [3.8, 4) is 0 Å². The molecule has 3 aromatic rings. The number of amides is 3. The average Bonchev–Trinajstić information content (AvgIpc) is 3.07. The summed E-state index contributed by atoms with van der Waals surface area (Å²) in [4.78, 5) is 27.9. The fourth-order valence-electron chi connectivity index (χ4n) is 2.15. The molecule has 0 aliphatic carbocycles. The summed E-state index contributed by atoms with van der Waals surface area (Å²) >= 11 is 1.26. The van der Waals surface area contributed by atoms with E-state index in [0.29, 0.717) is 17.5 Å². The van der Waals surface area contributed by atoms with Gasteiger partial charge in [-0.15, -0.1) is 5.10 Å². The van der Waals surface area contributed by atoms with E-state index in [1.807, 2.05) is 28.7 Å². The molecule has 3 N–H and O–H groups in total. The van der Waals surface area contributed by atoms with Gasteiger partial charge in [-0.1, -0.05) is 23.9 Å². The predicted octanol–water partition coefficient (Wildman–Crippen LogP) is 1.54. The van der Waals surface area contributed by atoms with Gasteiger partial charge in [0, 0.05) is 6.54 Å². The van der Waals surface area contributed by atoms with Crippen LogP contribution in [-0.2, 0) is 4.79 Å². The first kappa shape index (κ1) is 15.3. The number of imidazole rings is 1. The Morgan fingerprint density at radius 1 is 1.39 bits per heavy atom. The van der Waals surface area contributed by atoms with Crippen LogP contribution in [0.2, 0.25) is 0 Å². The number of nitrogens with zero attached hydrogens (tertiary/aromatic N) is 3. The first-order chi connectivity index (χ1) is 11.1. The third kappa shape index (κ3) is 3.00. The molecule has 0 spiro atoms. The van der Waals surface area contributed by atoms with Gasteiger partial charge in [0.15, 0.2) is 5.16 Å². The number of carbonyl (C=O) groups excluding carboxylic acids is 2. The summed E-state index contributed by atoms with van der Waals surface area (Å²) in [7, 11) is 0. The van der Waals surface area contributed by atoms with Gasteiger partial charge in [-0.2, -0.15) is 0 Å². The minimum absolute atomic E-state index is 0.374. The Kier molecular flexibility index (Phi) is 4.20. The Bertz CT molecular complexity index is 871. The van der Waals surface area contributed by atoms with Gasteiger partial charge in [0.25, 0.3) is 0 Å². The van der Waals surface area contributed by atoms with Crippen LogP contribution < -0.4 is 10.6 Å². The number of imide groups is 1. The van der Waals surface area contributed by atoms with Gasteiger partial charge in [0.05, 0.1) is 16.3 Å². The van der Waals surface area contributed by atoms with Gasteiger partial charge in [0.2, 0.25) is 11.7 Å². The van der Waals surface area contributed by atoms with E-state index < -0.39 is 11.3 Å². The molecule has 2 heterocycles. The number of aromatic amines is 1. The Hall–Kier alpha value is -2.55. The number of urea groups is 1. The molecule has 3 amide bonds. The van der Waals surface area contributed by atoms with E-state index in [0.717, 1.165) is 11.0 Å². The van der Waals surface area contributed by atoms with Gasteiger partial charge in [-0.05, 0) is 26.0 Å². The number of H-pyrrole nitrogens is 1. The minimum Gasteiger partial charge on any atom is -0.338 e. The van der Waals surface area contributed by atoms with Crippen molar-refractivity contribution in [3.05, 3.63) is 24.3 Å². The molecule has 120 valence electrons. The molecule has 23 heavy (non-hydrogen) atoms. The smallest absolute Gasteiger partial charge is 0.321 e. The largest absolute Gasteiger partial charge is 0.338 e. The van der Waals surface area contributed by atoms with Crippen molar-refractivity contribution in [3.63, 3.8) is 0 Å². The number of para-hydroxylation sites is 2. The number of aromatic nitrogens is 4. The van der Waals surface area contributed by atoms with Crippen LogP contribution in [0.25, 0.3) is 16.8 Å². The summed E-state index contributed by atoms with van der Waals surface area (Å²) in [6.45, 7) is 3.97. The Balaban J connectivity index is 1.81. The second-order valence-corrected chi connectivity index (χ2v) is 6.18. The second-order valence-electron chi connectivity index (χ2n) is 4.87. The average molecular weight is 332 g/mol. The summed E-state index contributed by atoms with van der Waals surface area (Å²) in [5.41, 5.74) is 1.76. The standard InChI is InChI=1S/C14H16N6O2S/c1-3-15-13(22)17-11(21)8(2)23-14-19-18-12-16-9-6-4-5-7-10(9)20(12)14/h4-8H,3H2,1-2H3,(H,16,18)(H2,15,17,21,22). The Morgan fingerprint density at radius 3 is 2.96 bits per heavy atom. The molecular weight excluding hydrogens is 316 g/mol. The zero-order chi connectivity index (χ0) is 16.4. The topological polar surface area (TPSA) is 104 Å². The molecule has 1 aromatic carbocycles. The third-order valence-corrected chi connectivity index (χ3v) is 4.28. The number of thioether (sulfide) groups is 1. The molecule has 1 unspecified atom stereocenters. The lowest BCUT2D eigenvalue weighted by Gasteiger charge is -2.10. The van der Waals surface area contributed by atoms with Crippen molar-refractivity contribution >= 4 is 40.5 Å². The second kappa shape index (κ2) is 6.29. The van der Waals surface area contributed by atoms with Crippen LogP contribution in [-0.4, -0.2) is 43.3 Å². The Labute approximate surface area is 136 Å². The molecule has 0 saturated carbocycles. The van der Waals surface area contributed by atoms with E-state index in [1.165, 1.54) is 11.8 Å². The van der Waals surface area contributed by atoms with Crippen molar-refractivity contribution in [1.82, 2.24) is 30.2 Å². The van der Waals surface area contributed by atoms with Gasteiger partial charge in [-0.25, -0.2) is 14.9 Å². The molecule has 8 nitrogen and oxygen atoms in total. The fraction of sp³-hybridized carbons (Fsp3) is 0.286. The van der Waals surface area contributed by atoms with Crippen molar-refractivity contribution in [1.29, 1.82) is 0 Å². The van der Waals surface area contributed by atoms with Gasteiger partial charge in [0.1, 0.15) is 0 Å².